The Morgan fingerprint density at radius 3 is 1.47 bits per heavy atom. The van der Waals surface area contributed by atoms with Crippen molar-refractivity contribution in [3.8, 4) is 0 Å². The van der Waals surface area contributed by atoms with Gasteiger partial charge in [-0.2, -0.15) is 0 Å². The molecule has 0 bridgehead atoms. The van der Waals surface area contributed by atoms with Crippen molar-refractivity contribution in [3.05, 3.63) is 48.6 Å². The summed E-state index contributed by atoms with van der Waals surface area (Å²) in [6, 6.07) is 0. The molecule has 0 saturated carbocycles. The van der Waals surface area contributed by atoms with Gasteiger partial charge in [-0.05, 0) is 13.1 Å². The van der Waals surface area contributed by atoms with Gasteiger partial charge in [-0.25, -0.2) is 0 Å². The average Bonchev–Trinajstić information content (AvgIpc) is 2.97. The van der Waals surface area contributed by atoms with E-state index in [9.17, 15) is 0 Å². The van der Waals surface area contributed by atoms with Crippen LogP contribution in [0.3, 0.4) is 0 Å². The Morgan fingerprint density at radius 1 is 0.765 bits per heavy atom. The highest BCUT2D eigenvalue weighted by Crippen LogP contribution is 2.16. The molecule has 0 heterocycles. The second kappa shape index (κ2) is 5.62. The molecular formula is C14H20O2Si. The molecule has 2 aliphatic carbocycles. The molecule has 2 nitrogen and oxygen atoms in total. The third kappa shape index (κ3) is 4.11. The first-order valence-corrected chi connectivity index (χ1v) is 8.95. The van der Waals surface area contributed by atoms with Crippen LogP contribution in [0.1, 0.15) is 0 Å². The molecule has 0 atom stereocenters. The van der Waals surface area contributed by atoms with Gasteiger partial charge in [0.1, 0.15) is 0 Å². The first-order chi connectivity index (χ1) is 8.16. The Labute approximate surface area is 105 Å². The van der Waals surface area contributed by atoms with E-state index in [1.54, 1.807) is 0 Å². The van der Waals surface area contributed by atoms with Gasteiger partial charge in [0.25, 0.3) is 0 Å². The Morgan fingerprint density at radius 2 is 1.12 bits per heavy atom. The molecule has 0 aromatic carbocycles. The summed E-state index contributed by atoms with van der Waals surface area (Å²) >= 11 is 0. The van der Waals surface area contributed by atoms with E-state index >= 15 is 0 Å². The molecular weight excluding hydrogens is 228 g/mol. The van der Waals surface area contributed by atoms with Crippen LogP contribution in [0.5, 0.6) is 0 Å². The van der Waals surface area contributed by atoms with Gasteiger partial charge < -0.3 is 8.85 Å². The van der Waals surface area contributed by atoms with Crippen LogP contribution in [0.15, 0.2) is 48.6 Å². The van der Waals surface area contributed by atoms with Crippen LogP contribution < -0.4 is 0 Å². The SMILES string of the molecule is C[Si](C)(OCC1C=CC=C1)OCC1C=CC=C1. The normalized spacial score (nSPS) is 19.9. The number of rotatable bonds is 6. The first-order valence-electron chi connectivity index (χ1n) is 6.14. The molecule has 0 aliphatic heterocycles. The first kappa shape index (κ1) is 12.6. The summed E-state index contributed by atoms with van der Waals surface area (Å²) in [7, 11) is -1.97. The predicted octanol–water partition coefficient (Wildman–Crippen LogP) is 3.21. The smallest absolute Gasteiger partial charge is 0.331 e. The molecule has 0 radical (unpaired) electrons. The van der Waals surface area contributed by atoms with Crippen LogP contribution in [0, 0.1) is 11.8 Å². The maximum atomic E-state index is 5.94. The average molecular weight is 248 g/mol. The zero-order valence-corrected chi connectivity index (χ0v) is 11.5. The third-order valence-corrected chi connectivity index (χ3v) is 4.63. The Hall–Kier alpha value is -0.903. The van der Waals surface area contributed by atoms with Crippen LogP contribution in [0.2, 0.25) is 13.1 Å². The van der Waals surface area contributed by atoms with Gasteiger partial charge in [0, 0.05) is 25.0 Å². The summed E-state index contributed by atoms with van der Waals surface area (Å²) < 4.78 is 11.9. The van der Waals surface area contributed by atoms with Gasteiger partial charge in [0.15, 0.2) is 0 Å². The standard InChI is InChI=1S/C14H20O2Si/c1-17(2,15-11-13-7-3-4-8-13)16-12-14-9-5-6-10-14/h3-10,13-14H,11-12H2,1-2H3. The van der Waals surface area contributed by atoms with E-state index in [4.69, 9.17) is 8.85 Å². The fourth-order valence-corrected chi connectivity index (χ4v) is 3.08. The van der Waals surface area contributed by atoms with E-state index in [1.165, 1.54) is 0 Å². The summed E-state index contributed by atoms with van der Waals surface area (Å²) in [5.41, 5.74) is 0. The largest absolute Gasteiger partial charge is 0.394 e. The molecule has 0 amide bonds. The van der Waals surface area contributed by atoms with Gasteiger partial charge in [0.2, 0.25) is 0 Å². The van der Waals surface area contributed by atoms with Crippen molar-refractivity contribution in [2.75, 3.05) is 13.2 Å². The monoisotopic (exact) mass is 248 g/mol. The predicted molar refractivity (Wildman–Crippen MR) is 72.9 cm³/mol. The molecule has 0 spiro atoms. The minimum absolute atomic E-state index is 0.427. The fourth-order valence-electron chi connectivity index (χ4n) is 1.81. The van der Waals surface area contributed by atoms with Gasteiger partial charge in [-0.3, -0.25) is 0 Å². The van der Waals surface area contributed by atoms with Crippen LogP contribution in [-0.2, 0) is 8.85 Å². The molecule has 0 saturated heterocycles. The highest BCUT2D eigenvalue weighted by Gasteiger charge is 2.26. The van der Waals surface area contributed by atoms with E-state index < -0.39 is 8.56 Å². The Kier molecular flexibility index (Phi) is 4.15. The summed E-state index contributed by atoms with van der Waals surface area (Å²) in [6.07, 6.45) is 16.9. The topological polar surface area (TPSA) is 18.5 Å². The van der Waals surface area contributed by atoms with E-state index in [0.717, 1.165) is 13.2 Å². The van der Waals surface area contributed by atoms with Crippen molar-refractivity contribution < 1.29 is 8.85 Å². The second-order valence-electron chi connectivity index (χ2n) is 4.89. The van der Waals surface area contributed by atoms with Crippen molar-refractivity contribution in [2.24, 2.45) is 11.8 Å². The lowest BCUT2D eigenvalue weighted by molar-refractivity contribution is 0.165. The van der Waals surface area contributed by atoms with Crippen molar-refractivity contribution in [3.63, 3.8) is 0 Å². The number of hydrogen-bond acceptors (Lipinski definition) is 2. The van der Waals surface area contributed by atoms with Gasteiger partial charge in [0.05, 0.1) is 0 Å². The summed E-state index contributed by atoms with van der Waals surface area (Å²) in [6.45, 7) is 5.70. The summed E-state index contributed by atoms with van der Waals surface area (Å²) in [5.74, 6) is 0.855. The molecule has 92 valence electrons. The lowest BCUT2D eigenvalue weighted by Crippen LogP contribution is -2.37. The fraction of sp³-hybridized carbons (Fsp3) is 0.429. The molecule has 2 rings (SSSR count). The lowest BCUT2D eigenvalue weighted by Gasteiger charge is -2.25. The zero-order chi connectivity index (χ0) is 12.1. The molecule has 3 heteroatoms. The highest BCUT2D eigenvalue weighted by atomic mass is 28.4. The van der Waals surface area contributed by atoms with E-state index in [1.807, 2.05) is 0 Å². The third-order valence-electron chi connectivity index (χ3n) is 2.90. The van der Waals surface area contributed by atoms with Crippen molar-refractivity contribution in [2.45, 2.75) is 13.1 Å². The zero-order valence-electron chi connectivity index (χ0n) is 10.5. The van der Waals surface area contributed by atoms with Crippen molar-refractivity contribution in [1.82, 2.24) is 0 Å². The molecule has 2 aliphatic rings. The molecule has 0 fully saturated rings. The number of hydrogen-bond donors (Lipinski definition) is 0. The summed E-state index contributed by atoms with van der Waals surface area (Å²) in [5, 5.41) is 0. The van der Waals surface area contributed by atoms with Gasteiger partial charge in [-0.1, -0.05) is 48.6 Å². The Balaban J connectivity index is 1.69. The van der Waals surface area contributed by atoms with Crippen molar-refractivity contribution >= 4 is 8.56 Å². The van der Waals surface area contributed by atoms with Crippen LogP contribution in [-0.4, -0.2) is 21.8 Å². The van der Waals surface area contributed by atoms with Crippen LogP contribution in [0.25, 0.3) is 0 Å². The van der Waals surface area contributed by atoms with Crippen molar-refractivity contribution in [1.29, 1.82) is 0 Å². The van der Waals surface area contributed by atoms with E-state index in [0.29, 0.717) is 11.8 Å². The maximum absolute atomic E-state index is 5.94. The maximum Gasteiger partial charge on any atom is 0.331 e. The molecule has 0 N–H and O–H groups in total. The summed E-state index contributed by atoms with van der Waals surface area (Å²) in [4.78, 5) is 0. The highest BCUT2D eigenvalue weighted by molar-refractivity contribution is 6.64. The van der Waals surface area contributed by atoms with E-state index in [-0.39, 0.29) is 0 Å². The molecule has 0 unspecified atom stereocenters. The minimum Gasteiger partial charge on any atom is -0.394 e. The number of allylic oxidation sites excluding steroid dienone is 4. The molecule has 17 heavy (non-hydrogen) atoms. The van der Waals surface area contributed by atoms with Gasteiger partial charge >= 0.3 is 8.56 Å². The van der Waals surface area contributed by atoms with Crippen LogP contribution in [0.4, 0.5) is 0 Å². The minimum atomic E-state index is -1.97. The lowest BCUT2D eigenvalue weighted by atomic mass is 10.2. The molecule has 0 aromatic rings. The van der Waals surface area contributed by atoms with E-state index in [2.05, 4.69) is 61.7 Å². The Bertz CT molecular complexity index is 308. The van der Waals surface area contributed by atoms with Crippen LogP contribution >= 0.6 is 0 Å². The van der Waals surface area contributed by atoms with Gasteiger partial charge in [-0.15, -0.1) is 0 Å². The quantitative estimate of drug-likeness (QED) is 0.672. The molecule has 0 aromatic heterocycles. The second-order valence-corrected chi connectivity index (χ2v) is 8.27.